The molecule has 4 rings (SSSR count). The molecule has 0 spiro atoms. The van der Waals surface area contributed by atoms with Crippen molar-refractivity contribution in [3.05, 3.63) is 84.4 Å². The normalized spacial score (nSPS) is 10.6. The molecule has 0 atom stereocenters. The second kappa shape index (κ2) is 9.86. The maximum absolute atomic E-state index is 12.2. The van der Waals surface area contributed by atoms with Gasteiger partial charge >= 0.3 is 11.9 Å². The molecule has 0 aliphatic rings. The molecule has 0 saturated heterocycles. The number of benzene rings is 3. The molecule has 9 heteroatoms. The van der Waals surface area contributed by atoms with E-state index in [0.717, 1.165) is 0 Å². The van der Waals surface area contributed by atoms with Gasteiger partial charge in [0.05, 0.1) is 5.56 Å². The molecule has 4 aromatic rings. The van der Waals surface area contributed by atoms with Crippen LogP contribution in [0.5, 0.6) is 17.2 Å². The average molecular weight is 459 g/mol. The maximum atomic E-state index is 12.2. The van der Waals surface area contributed by atoms with Crippen LogP contribution in [0.15, 0.2) is 78.9 Å². The Bertz CT molecular complexity index is 1360. The quantitative estimate of drug-likeness (QED) is 0.183. The predicted molar refractivity (Wildman–Crippen MR) is 123 cm³/mol. The Morgan fingerprint density at radius 2 is 1.68 bits per heavy atom. The number of phenolic OH excluding ortho intramolecular Hbond substituents is 1. The summed E-state index contributed by atoms with van der Waals surface area (Å²) in [6.45, 7) is 5.35. The number of hydrogen-bond donors (Lipinski definition) is 1. The SMILES string of the molecule is C=C(C)C(=O)OCCOc1ccc2nn(-c3ccc(OC(=O)c4ccccc4)cc3O)nc2c1. The molecule has 0 bridgehead atoms. The molecular formula is C25H21N3O6. The number of carbonyl (C=O) groups excluding carboxylic acids is 2. The van der Waals surface area contributed by atoms with Gasteiger partial charge in [-0.15, -0.1) is 15.0 Å². The van der Waals surface area contributed by atoms with E-state index in [1.54, 1.807) is 67.6 Å². The Balaban J connectivity index is 1.44. The molecule has 0 fully saturated rings. The van der Waals surface area contributed by atoms with Crippen molar-refractivity contribution in [1.29, 1.82) is 0 Å². The fourth-order valence-corrected chi connectivity index (χ4v) is 2.99. The lowest BCUT2D eigenvalue weighted by Gasteiger charge is -2.07. The van der Waals surface area contributed by atoms with Crippen molar-refractivity contribution in [2.24, 2.45) is 0 Å². The van der Waals surface area contributed by atoms with Crippen LogP contribution in [-0.2, 0) is 9.53 Å². The lowest BCUT2D eigenvalue weighted by Crippen LogP contribution is -2.12. The van der Waals surface area contributed by atoms with Crippen LogP contribution in [0.4, 0.5) is 0 Å². The number of aromatic hydroxyl groups is 1. The molecule has 34 heavy (non-hydrogen) atoms. The predicted octanol–water partition coefficient (Wildman–Crippen LogP) is 3.84. The molecule has 9 nitrogen and oxygen atoms in total. The van der Waals surface area contributed by atoms with E-state index in [0.29, 0.717) is 33.6 Å². The van der Waals surface area contributed by atoms with E-state index < -0.39 is 11.9 Å². The molecule has 0 saturated carbocycles. The molecule has 1 heterocycles. The first kappa shape index (κ1) is 22.5. The Morgan fingerprint density at radius 1 is 0.941 bits per heavy atom. The largest absolute Gasteiger partial charge is 0.505 e. The Kier molecular flexibility index (Phi) is 6.54. The summed E-state index contributed by atoms with van der Waals surface area (Å²) in [6.07, 6.45) is 0. The highest BCUT2D eigenvalue weighted by molar-refractivity contribution is 5.91. The van der Waals surface area contributed by atoms with Gasteiger partial charge in [-0.1, -0.05) is 24.8 Å². The zero-order chi connectivity index (χ0) is 24.1. The molecule has 1 N–H and O–H groups in total. The molecule has 0 aliphatic carbocycles. The van der Waals surface area contributed by atoms with E-state index in [-0.39, 0.29) is 24.7 Å². The standard InChI is InChI=1S/C25H21N3O6/c1-16(2)24(30)33-13-12-32-18-8-10-20-21(14-18)27-28(26-20)22-11-9-19(15-23(22)29)34-25(31)17-6-4-3-5-7-17/h3-11,14-15,29H,1,12-13H2,2H3. The van der Waals surface area contributed by atoms with Crippen LogP contribution in [-0.4, -0.2) is 45.3 Å². The van der Waals surface area contributed by atoms with Crippen LogP contribution in [0, 0.1) is 0 Å². The van der Waals surface area contributed by atoms with Crippen LogP contribution < -0.4 is 9.47 Å². The number of ether oxygens (including phenoxy) is 3. The van der Waals surface area contributed by atoms with Gasteiger partial charge in [-0.25, -0.2) is 9.59 Å². The molecular weight excluding hydrogens is 438 g/mol. The topological polar surface area (TPSA) is 113 Å². The summed E-state index contributed by atoms with van der Waals surface area (Å²) < 4.78 is 15.9. The maximum Gasteiger partial charge on any atom is 0.343 e. The van der Waals surface area contributed by atoms with Gasteiger partial charge < -0.3 is 19.3 Å². The van der Waals surface area contributed by atoms with Gasteiger partial charge in [0.25, 0.3) is 0 Å². The van der Waals surface area contributed by atoms with Crippen LogP contribution in [0.2, 0.25) is 0 Å². The zero-order valence-corrected chi connectivity index (χ0v) is 18.3. The molecule has 172 valence electrons. The highest BCUT2D eigenvalue weighted by Crippen LogP contribution is 2.28. The van der Waals surface area contributed by atoms with Crippen LogP contribution in [0.3, 0.4) is 0 Å². The third-order valence-corrected chi connectivity index (χ3v) is 4.67. The summed E-state index contributed by atoms with van der Waals surface area (Å²) in [6, 6.07) is 18.1. The number of hydrogen-bond acceptors (Lipinski definition) is 8. The summed E-state index contributed by atoms with van der Waals surface area (Å²) in [4.78, 5) is 24.9. The first-order chi connectivity index (χ1) is 16.4. The van der Waals surface area contributed by atoms with Crippen molar-refractivity contribution in [2.75, 3.05) is 13.2 Å². The Morgan fingerprint density at radius 3 is 2.41 bits per heavy atom. The van der Waals surface area contributed by atoms with E-state index in [1.165, 1.54) is 10.9 Å². The van der Waals surface area contributed by atoms with Gasteiger partial charge in [-0.2, -0.15) is 0 Å². The molecule has 1 aromatic heterocycles. The van der Waals surface area contributed by atoms with Crippen molar-refractivity contribution in [2.45, 2.75) is 6.92 Å². The highest BCUT2D eigenvalue weighted by Gasteiger charge is 2.13. The summed E-state index contributed by atoms with van der Waals surface area (Å²) in [5.41, 5.74) is 2.15. The van der Waals surface area contributed by atoms with Crippen LogP contribution >= 0.6 is 0 Å². The minimum atomic E-state index is -0.530. The van der Waals surface area contributed by atoms with Gasteiger partial charge in [0.15, 0.2) is 0 Å². The summed E-state index contributed by atoms with van der Waals surface area (Å²) in [5, 5.41) is 19.2. The number of carbonyl (C=O) groups is 2. The van der Waals surface area contributed by atoms with Gasteiger partial charge in [-0.3, -0.25) is 0 Å². The zero-order valence-electron chi connectivity index (χ0n) is 18.3. The second-order valence-corrected chi connectivity index (χ2v) is 7.31. The van der Waals surface area contributed by atoms with Gasteiger partial charge in [-0.05, 0) is 43.3 Å². The van der Waals surface area contributed by atoms with Crippen molar-refractivity contribution < 1.29 is 28.9 Å². The average Bonchev–Trinajstić information content (AvgIpc) is 3.25. The lowest BCUT2D eigenvalue weighted by atomic mass is 10.2. The van der Waals surface area contributed by atoms with Crippen molar-refractivity contribution in [3.8, 4) is 22.9 Å². The highest BCUT2D eigenvalue weighted by atomic mass is 16.6. The molecule has 0 radical (unpaired) electrons. The van der Waals surface area contributed by atoms with E-state index in [4.69, 9.17) is 14.2 Å². The number of phenols is 1. The third kappa shape index (κ3) is 5.21. The van der Waals surface area contributed by atoms with Crippen LogP contribution in [0.25, 0.3) is 16.7 Å². The first-order valence-corrected chi connectivity index (χ1v) is 10.3. The Hall–Kier alpha value is -4.66. The number of aromatic nitrogens is 3. The fourth-order valence-electron chi connectivity index (χ4n) is 2.99. The van der Waals surface area contributed by atoms with Crippen molar-refractivity contribution >= 4 is 23.0 Å². The molecule has 0 unspecified atom stereocenters. The number of rotatable bonds is 8. The molecule has 3 aromatic carbocycles. The van der Waals surface area contributed by atoms with E-state index in [1.807, 2.05) is 0 Å². The molecule has 0 amide bonds. The summed E-state index contributed by atoms with van der Waals surface area (Å²) in [5.74, 6) is -0.442. The number of esters is 2. The lowest BCUT2D eigenvalue weighted by molar-refractivity contribution is -0.139. The van der Waals surface area contributed by atoms with Crippen molar-refractivity contribution in [3.63, 3.8) is 0 Å². The minimum Gasteiger partial charge on any atom is -0.505 e. The van der Waals surface area contributed by atoms with E-state index >= 15 is 0 Å². The molecule has 0 aliphatic heterocycles. The van der Waals surface area contributed by atoms with E-state index in [9.17, 15) is 14.7 Å². The summed E-state index contributed by atoms with van der Waals surface area (Å²) >= 11 is 0. The smallest absolute Gasteiger partial charge is 0.343 e. The van der Waals surface area contributed by atoms with Gasteiger partial charge in [0.1, 0.15) is 47.2 Å². The van der Waals surface area contributed by atoms with Crippen molar-refractivity contribution in [1.82, 2.24) is 15.0 Å². The van der Waals surface area contributed by atoms with Crippen LogP contribution in [0.1, 0.15) is 17.3 Å². The second-order valence-electron chi connectivity index (χ2n) is 7.31. The fraction of sp³-hybridized carbons (Fsp3) is 0.120. The Labute approximate surface area is 194 Å². The van der Waals surface area contributed by atoms with Gasteiger partial charge in [0, 0.05) is 17.7 Å². The number of fused-ring (bicyclic) bond motifs is 1. The number of nitrogens with zero attached hydrogens (tertiary/aromatic N) is 3. The third-order valence-electron chi connectivity index (χ3n) is 4.67. The summed E-state index contributed by atoms with van der Waals surface area (Å²) in [7, 11) is 0. The van der Waals surface area contributed by atoms with E-state index in [2.05, 4.69) is 16.8 Å². The minimum absolute atomic E-state index is 0.0888. The van der Waals surface area contributed by atoms with Gasteiger partial charge in [0.2, 0.25) is 0 Å². The first-order valence-electron chi connectivity index (χ1n) is 10.3. The monoisotopic (exact) mass is 459 g/mol.